The summed E-state index contributed by atoms with van der Waals surface area (Å²) in [6, 6.07) is 2.03. The van der Waals surface area contributed by atoms with Crippen molar-refractivity contribution < 1.29 is 28.9 Å². The molecule has 2 aromatic heterocycles. The smallest absolute Gasteiger partial charge is 0.0777 e. The van der Waals surface area contributed by atoms with Crippen molar-refractivity contribution in [2.45, 2.75) is 41.5 Å². The Labute approximate surface area is 158 Å². The molecule has 2 aromatic rings. The van der Waals surface area contributed by atoms with Crippen molar-refractivity contribution >= 4 is 22.6 Å². The van der Waals surface area contributed by atoms with E-state index in [-0.39, 0.29) is 0 Å². The van der Waals surface area contributed by atoms with Gasteiger partial charge in [-0.3, -0.25) is 9.97 Å². The molecule has 0 amide bonds. The predicted octanol–water partition coefficient (Wildman–Crippen LogP) is 0.494. The number of nitrogens with zero attached hydrogens (tertiary/aromatic N) is 2. The Balaban J connectivity index is 0.000000351. The molecule has 0 saturated heterocycles. The molecule has 0 radical (unpaired) electrons. The highest BCUT2D eigenvalue weighted by atomic mass is 127. The van der Waals surface area contributed by atoms with E-state index in [0.717, 1.165) is 11.4 Å². The molecule has 0 spiro atoms. The number of rotatable bonds is 0. The lowest BCUT2D eigenvalue weighted by atomic mass is 10.1. The number of aromatic nitrogens is 2. The van der Waals surface area contributed by atoms with Crippen LogP contribution in [-0.4, -0.2) is 14.6 Å². The first-order valence-electron chi connectivity index (χ1n) is 6.95. The van der Waals surface area contributed by atoms with Gasteiger partial charge in [-0.2, -0.15) is 14.0 Å². The molecule has 2 rings (SSSR count). The maximum Gasteiger partial charge on any atom is 0.0777 e. The van der Waals surface area contributed by atoms with Crippen molar-refractivity contribution in [1.82, 2.24) is 9.97 Å². The van der Waals surface area contributed by atoms with Crippen molar-refractivity contribution in [1.29, 1.82) is 0 Å². The quantitative estimate of drug-likeness (QED) is 0.563. The molecule has 0 aliphatic heterocycles. The zero-order valence-corrected chi connectivity index (χ0v) is 17.5. The maximum absolute atomic E-state index is 8.60. The summed E-state index contributed by atoms with van der Waals surface area (Å²) in [4.78, 5) is 8.37. The average molecular weight is 469 g/mol. The minimum atomic E-state index is -4.69. The van der Waals surface area contributed by atoms with Crippen molar-refractivity contribution in [2.75, 3.05) is 0 Å². The zero-order valence-electron chi connectivity index (χ0n) is 14.6. The Morgan fingerprint density at radius 3 is 1.71 bits per heavy atom. The molecule has 0 aromatic carbocycles. The lowest BCUT2D eigenvalue weighted by molar-refractivity contribution is -1.92. The summed E-state index contributed by atoms with van der Waals surface area (Å²) in [5, 5.41) is 0. The first-order chi connectivity index (χ1) is 10.8. The van der Waals surface area contributed by atoms with Crippen LogP contribution < -0.4 is 14.0 Å². The lowest BCUT2D eigenvalue weighted by Gasteiger charge is -2.03. The highest BCUT2D eigenvalue weighted by Crippen LogP contribution is 2.15. The third-order valence-electron chi connectivity index (χ3n) is 3.56. The second-order valence-corrected chi connectivity index (χ2v) is 7.13. The van der Waals surface area contributed by atoms with E-state index in [2.05, 4.69) is 60.3 Å². The summed E-state index contributed by atoms with van der Waals surface area (Å²) < 4.78 is 34.0. The van der Waals surface area contributed by atoms with Gasteiger partial charge in [-0.05, 0) is 92.5 Å². The van der Waals surface area contributed by atoms with Gasteiger partial charge in [0.15, 0.2) is 0 Å². The van der Waals surface area contributed by atoms with E-state index in [1.807, 2.05) is 32.3 Å². The van der Waals surface area contributed by atoms with Crippen LogP contribution in [0.2, 0.25) is 0 Å². The fourth-order valence-electron chi connectivity index (χ4n) is 1.57. The van der Waals surface area contributed by atoms with E-state index in [0.29, 0.717) is 0 Å². The van der Waals surface area contributed by atoms with E-state index in [9.17, 15) is 0 Å². The second-order valence-electron chi connectivity index (χ2n) is 5.18. The van der Waals surface area contributed by atoms with Crippen molar-refractivity contribution in [3.63, 3.8) is 0 Å². The van der Waals surface area contributed by atoms with E-state index in [1.165, 1.54) is 25.8 Å². The van der Waals surface area contributed by atoms with Gasteiger partial charge in [0.2, 0.25) is 0 Å². The Bertz CT molecular complexity index is 623. The largest absolute Gasteiger partial charge is 0.261 e. The Kier molecular flexibility index (Phi) is 9.86. The van der Waals surface area contributed by atoms with Gasteiger partial charge in [0.1, 0.15) is 0 Å². The van der Waals surface area contributed by atoms with Gasteiger partial charge in [0.25, 0.3) is 0 Å². The fraction of sp³-hybridized carbons (Fsp3) is 0.375. The van der Waals surface area contributed by atoms with Crippen molar-refractivity contribution in [3.05, 3.63) is 55.7 Å². The Morgan fingerprint density at radius 1 is 0.875 bits per heavy atom. The molecule has 134 valence electrons. The highest BCUT2D eigenvalue weighted by molar-refractivity contribution is 14.1. The van der Waals surface area contributed by atoms with Crippen LogP contribution >= 0.6 is 22.6 Å². The molecular formula is C16H22ClIN2O4. The third-order valence-corrected chi connectivity index (χ3v) is 4.65. The molecule has 0 fully saturated rings. The number of pyridine rings is 2. The monoisotopic (exact) mass is 468 g/mol. The van der Waals surface area contributed by atoms with Gasteiger partial charge >= 0.3 is 0 Å². The normalized spacial score (nSPS) is 10.3. The Morgan fingerprint density at radius 2 is 1.33 bits per heavy atom. The average Bonchev–Trinajstić information content (AvgIpc) is 2.45. The molecule has 6 nitrogen and oxygen atoms in total. The van der Waals surface area contributed by atoms with Gasteiger partial charge in [0, 0.05) is 27.4 Å². The summed E-state index contributed by atoms with van der Waals surface area (Å²) in [5.41, 5.74) is 7.56. The van der Waals surface area contributed by atoms with E-state index in [1.54, 1.807) is 0 Å². The third kappa shape index (κ3) is 9.45. The summed E-state index contributed by atoms with van der Waals surface area (Å²) >= 11 is 2.30. The van der Waals surface area contributed by atoms with Crippen LogP contribution in [-0.2, 0) is 0 Å². The van der Waals surface area contributed by atoms with Crippen LogP contribution in [0.1, 0.15) is 33.6 Å². The van der Waals surface area contributed by atoms with Crippen molar-refractivity contribution in [2.24, 2.45) is 0 Å². The summed E-state index contributed by atoms with van der Waals surface area (Å²) in [5.74, 6) is 0. The van der Waals surface area contributed by atoms with Gasteiger partial charge in [-0.15, -0.1) is 0 Å². The minimum absolute atomic E-state index is 1.13. The molecule has 0 unspecified atom stereocenters. The van der Waals surface area contributed by atoms with Crippen LogP contribution in [0.4, 0.5) is 0 Å². The first-order valence-corrected chi connectivity index (χ1v) is 9.29. The summed E-state index contributed by atoms with van der Waals surface area (Å²) in [6.45, 7) is 12.5. The molecule has 0 aliphatic carbocycles. The molecule has 1 N–H and O–H groups in total. The van der Waals surface area contributed by atoms with E-state index in [4.69, 9.17) is 18.6 Å². The number of halogens is 2. The SMILES string of the molecule is Cc1ccnc(C)c1C.Cc1ncc(I)c(C)c1C.[O-][Cl+3]([O-])([O-])O. The summed E-state index contributed by atoms with van der Waals surface area (Å²) in [7, 11) is -4.69. The molecule has 0 bridgehead atoms. The lowest BCUT2D eigenvalue weighted by Crippen LogP contribution is -2.58. The minimum Gasteiger partial charge on any atom is -0.261 e. The van der Waals surface area contributed by atoms with Crippen LogP contribution in [0, 0.1) is 55.4 Å². The first kappa shape index (κ1) is 23.2. The van der Waals surface area contributed by atoms with Crippen molar-refractivity contribution in [3.8, 4) is 0 Å². The molecule has 0 aliphatic rings. The molecule has 2 heterocycles. The Hall–Kier alpha value is -0.840. The topological polar surface area (TPSA) is 115 Å². The van der Waals surface area contributed by atoms with Crippen LogP contribution in [0.3, 0.4) is 0 Å². The number of hydrogen-bond acceptors (Lipinski definition) is 6. The highest BCUT2D eigenvalue weighted by Gasteiger charge is 2.00. The molecule has 0 atom stereocenters. The van der Waals surface area contributed by atoms with Crippen LogP contribution in [0.15, 0.2) is 18.5 Å². The van der Waals surface area contributed by atoms with E-state index < -0.39 is 10.2 Å². The van der Waals surface area contributed by atoms with Gasteiger partial charge < -0.3 is 0 Å². The maximum atomic E-state index is 8.60. The molecule has 24 heavy (non-hydrogen) atoms. The second kappa shape index (κ2) is 10.2. The molecular weight excluding hydrogens is 447 g/mol. The number of aryl methyl sites for hydroxylation is 3. The van der Waals surface area contributed by atoms with Gasteiger partial charge in [-0.25, -0.2) is 0 Å². The molecule has 0 saturated carbocycles. The standard InChI is InChI=1S/C8H10IN.C8H11N.ClHO4/c1-5-6(2)8(9)4-10-7(5)3;1-6-4-5-9-8(3)7(6)2;2-1(3,4)5/h4H,1-3H3;4-5H,1-3H3;(H,2,3,4,5). The molecule has 8 heteroatoms. The number of hydrogen-bond donors (Lipinski definition) is 1. The van der Waals surface area contributed by atoms with Gasteiger partial charge in [-0.1, -0.05) is 0 Å². The predicted molar refractivity (Wildman–Crippen MR) is 91.8 cm³/mol. The van der Waals surface area contributed by atoms with Gasteiger partial charge in [0.05, 0.1) is 14.9 Å². The zero-order chi connectivity index (χ0) is 19.1. The summed E-state index contributed by atoms with van der Waals surface area (Å²) in [6.07, 6.45) is 3.76. The van der Waals surface area contributed by atoms with E-state index >= 15 is 0 Å². The van der Waals surface area contributed by atoms with Crippen LogP contribution in [0.5, 0.6) is 0 Å². The van der Waals surface area contributed by atoms with Crippen LogP contribution in [0.25, 0.3) is 0 Å². The fourth-order valence-corrected chi connectivity index (χ4v) is 2.11.